The van der Waals surface area contributed by atoms with Crippen LogP contribution in [0.4, 0.5) is 17.5 Å². The zero-order valence-corrected chi connectivity index (χ0v) is 18.7. The van der Waals surface area contributed by atoms with Crippen LogP contribution in [-0.2, 0) is 19.7 Å². The molecule has 1 fully saturated rings. The molecule has 1 unspecified atom stereocenters. The standard InChI is InChI=1S/C18H24N6O5S2/c1-30(26,27)13-6-12(7-14(8-13)31(2,28)29)22-17-15(16(20)25)9-21-18(23-17)24-5-3-4-11(19)10-24/h6-9,11H,3-5,10,19H2,1-2H3,(H2,20,25)(H,21,22,23). The van der Waals surface area contributed by atoms with Crippen LogP contribution >= 0.6 is 0 Å². The number of carbonyl (C=O) groups excluding carboxylic acids is 1. The molecule has 1 aliphatic rings. The van der Waals surface area contributed by atoms with E-state index in [0.29, 0.717) is 19.0 Å². The van der Waals surface area contributed by atoms with Crippen LogP contribution < -0.4 is 21.7 Å². The number of hydrogen-bond donors (Lipinski definition) is 3. The number of nitrogens with two attached hydrogens (primary N) is 2. The minimum absolute atomic E-state index is 0.0294. The van der Waals surface area contributed by atoms with E-state index in [2.05, 4.69) is 15.3 Å². The van der Waals surface area contributed by atoms with Gasteiger partial charge in [0, 0.05) is 43.5 Å². The molecule has 168 valence electrons. The van der Waals surface area contributed by atoms with Crippen molar-refractivity contribution in [3.8, 4) is 0 Å². The van der Waals surface area contributed by atoms with Crippen molar-refractivity contribution >= 4 is 43.0 Å². The summed E-state index contributed by atoms with van der Waals surface area (Å²) in [6.07, 6.45) is 4.95. The minimum atomic E-state index is -3.71. The fourth-order valence-electron chi connectivity index (χ4n) is 3.20. The highest BCUT2D eigenvalue weighted by Gasteiger charge is 2.22. The SMILES string of the molecule is CS(=O)(=O)c1cc(Nc2nc(N3CCCC(N)C3)ncc2C(N)=O)cc(S(C)(=O)=O)c1. The summed E-state index contributed by atoms with van der Waals surface area (Å²) in [4.78, 5) is 21.9. The lowest BCUT2D eigenvalue weighted by molar-refractivity contribution is 0.100. The van der Waals surface area contributed by atoms with E-state index in [-0.39, 0.29) is 32.9 Å². The molecular formula is C18H24N6O5S2. The third-order valence-corrected chi connectivity index (χ3v) is 6.97. The van der Waals surface area contributed by atoms with E-state index in [0.717, 1.165) is 31.4 Å². The molecule has 2 aromatic rings. The molecule has 1 atom stereocenters. The molecule has 2 heterocycles. The molecule has 1 amide bonds. The van der Waals surface area contributed by atoms with Crippen LogP contribution in [0.1, 0.15) is 23.2 Å². The van der Waals surface area contributed by atoms with Gasteiger partial charge in [-0.25, -0.2) is 21.8 Å². The molecule has 0 aliphatic carbocycles. The average molecular weight is 469 g/mol. The summed E-state index contributed by atoms with van der Waals surface area (Å²) in [7, 11) is -7.42. The number of nitrogens with one attached hydrogen (secondary N) is 1. The zero-order chi connectivity index (χ0) is 23.0. The van der Waals surface area contributed by atoms with Gasteiger partial charge in [-0.3, -0.25) is 4.79 Å². The molecule has 0 radical (unpaired) electrons. The number of aromatic nitrogens is 2. The van der Waals surface area contributed by atoms with Crippen LogP contribution in [0, 0.1) is 0 Å². The average Bonchev–Trinajstić information content (AvgIpc) is 2.66. The maximum atomic E-state index is 12.0. The highest BCUT2D eigenvalue weighted by molar-refractivity contribution is 7.91. The highest BCUT2D eigenvalue weighted by atomic mass is 32.2. The molecule has 1 aromatic heterocycles. The maximum absolute atomic E-state index is 12.0. The molecule has 31 heavy (non-hydrogen) atoms. The zero-order valence-electron chi connectivity index (χ0n) is 17.1. The maximum Gasteiger partial charge on any atom is 0.254 e. The van der Waals surface area contributed by atoms with Crippen LogP contribution in [0.2, 0.25) is 0 Å². The Hall–Kier alpha value is -2.77. The van der Waals surface area contributed by atoms with Gasteiger partial charge in [0.2, 0.25) is 5.95 Å². The number of hydrogen-bond acceptors (Lipinski definition) is 10. The first-order valence-corrected chi connectivity index (χ1v) is 13.1. The van der Waals surface area contributed by atoms with Crippen molar-refractivity contribution in [1.82, 2.24) is 9.97 Å². The molecule has 1 aromatic carbocycles. The van der Waals surface area contributed by atoms with E-state index in [1.54, 1.807) is 0 Å². The number of anilines is 3. The van der Waals surface area contributed by atoms with Crippen molar-refractivity contribution in [3.63, 3.8) is 0 Å². The minimum Gasteiger partial charge on any atom is -0.365 e. The Morgan fingerprint density at radius 1 is 1.13 bits per heavy atom. The lowest BCUT2D eigenvalue weighted by Crippen LogP contribution is -2.43. The highest BCUT2D eigenvalue weighted by Crippen LogP contribution is 2.27. The predicted molar refractivity (Wildman–Crippen MR) is 116 cm³/mol. The summed E-state index contributed by atoms with van der Waals surface area (Å²) in [6.45, 7) is 1.22. The van der Waals surface area contributed by atoms with Gasteiger partial charge in [0.15, 0.2) is 19.7 Å². The lowest BCUT2D eigenvalue weighted by Gasteiger charge is -2.31. The summed E-state index contributed by atoms with van der Waals surface area (Å²) in [5.74, 6) is -0.445. The number of primary amides is 1. The number of sulfone groups is 2. The Bertz CT molecular complexity index is 1180. The largest absolute Gasteiger partial charge is 0.365 e. The summed E-state index contributed by atoms with van der Waals surface area (Å²) in [5.41, 5.74) is 11.5. The Morgan fingerprint density at radius 3 is 2.26 bits per heavy atom. The van der Waals surface area contributed by atoms with Crippen molar-refractivity contribution < 1.29 is 21.6 Å². The third kappa shape index (κ3) is 5.48. The second-order valence-corrected chi connectivity index (χ2v) is 11.5. The monoisotopic (exact) mass is 468 g/mol. The van der Waals surface area contributed by atoms with Gasteiger partial charge in [-0.05, 0) is 31.0 Å². The van der Waals surface area contributed by atoms with E-state index in [4.69, 9.17) is 11.5 Å². The van der Waals surface area contributed by atoms with Crippen LogP contribution in [0.3, 0.4) is 0 Å². The van der Waals surface area contributed by atoms with Gasteiger partial charge in [-0.1, -0.05) is 0 Å². The molecule has 0 saturated carbocycles. The topological polar surface area (TPSA) is 178 Å². The lowest BCUT2D eigenvalue weighted by atomic mass is 10.1. The van der Waals surface area contributed by atoms with Gasteiger partial charge < -0.3 is 21.7 Å². The van der Waals surface area contributed by atoms with Crippen molar-refractivity contribution in [2.75, 3.05) is 35.8 Å². The van der Waals surface area contributed by atoms with Gasteiger partial charge >= 0.3 is 0 Å². The van der Waals surface area contributed by atoms with Crippen LogP contribution in [0.5, 0.6) is 0 Å². The number of benzene rings is 1. The van der Waals surface area contributed by atoms with Crippen LogP contribution in [0.25, 0.3) is 0 Å². The Labute approximate surface area is 180 Å². The van der Waals surface area contributed by atoms with Gasteiger partial charge in [-0.15, -0.1) is 0 Å². The number of amides is 1. The normalized spacial score (nSPS) is 17.4. The second kappa shape index (κ2) is 8.40. The predicted octanol–water partition coefficient (Wildman–Crippen LogP) is 0.0536. The molecule has 0 spiro atoms. The van der Waals surface area contributed by atoms with Crippen LogP contribution in [-0.4, -0.2) is 64.4 Å². The third-order valence-electron chi connectivity index (χ3n) is 4.78. The molecular weight excluding hydrogens is 444 g/mol. The molecule has 3 rings (SSSR count). The number of nitrogens with zero attached hydrogens (tertiary/aromatic N) is 3. The molecule has 1 saturated heterocycles. The number of piperidine rings is 1. The first-order valence-electron chi connectivity index (χ1n) is 9.34. The first-order chi connectivity index (χ1) is 14.3. The molecule has 5 N–H and O–H groups in total. The van der Waals surface area contributed by atoms with Crippen molar-refractivity contribution in [3.05, 3.63) is 30.0 Å². The summed E-state index contributed by atoms with van der Waals surface area (Å²) in [6, 6.07) is 3.56. The molecule has 0 bridgehead atoms. The van der Waals surface area contributed by atoms with Crippen LogP contribution in [0.15, 0.2) is 34.2 Å². The van der Waals surface area contributed by atoms with E-state index in [1.807, 2.05) is 4.90 Å². The number of carbonyl (C=O) groups is 1. The van der Waals surface area contributed by atoms with Crippen molar-refractivity contribution in [2.24, 2.45) is 11.5 Å². The smallest absolute Gasteiger partial charge is 0.254 e. The van der Waals surface area contributed by atoms with Gasteiger partial charge in [-0.2, -0.15) is 4.98 Å². The number of rotatable bonds is 6. The molecule has 11 nitrogen and oxygen atoms in total. The van der Waals surface area contributed by atoms with E-state index in [1.165, 1.54) is 18.3 Å². The summed E-state index contributed by atoms with van der Waals surface area (Å²) >= 11 is 0. The fourth-order valence-corrected chi connectivity index (χ4v) is 4.64. The van der Waals surface area contributed by atoms with E-state index < -0.39 is 25.6 Å². The van der Waals surface area contributed by atoms with Gasteiger partial charge in [0.25, 0.3) is 5.91 Å². The second-order valence-electron chi connectivity index (χ2n) is 7.51. The Kier molecular flexibility index (Phi) is 6.21. The van der Waals surface area contributed by atoms with E-state index >= 15 is 0 Å². The fraction of sp³-hybridized carbons (Fsp3) is 0.389. The van der Waals surface area contributed by atoms with E-state index in [9.17, 15) is 21.6 Å². The summed E-state index contributed by atoms with van der Waals surface area (Å²) < 4.78 is 48.2. The molecule has 1 aliphatic heterocycles. The van der Waals surface area contributed by atoms with Crippen molar-refractivity contribution in [2.45, 2.75) is 28.7 Å². The Morgan fingerprint density at radius 2 is 1.74 bits per heavy atom. The van der Waals surface area contributed by atoms with Crippen molar-refractivity contribution in [1.29, 1.82) is 0 Å². The quantitative estimate of drug-likeness (QED) is 0.524. The Balaban J connectivity index is 2.08. The summed E-state index contributed by atoms with van der Waals surface area (Å²) in [5, 5.41) is 2.83. The van der Waals surface area contributed by atoms with Gasteiger partial charge in [0.1, 0.15) is 11.4 Å². The first kappa shape index (κ1) is 22.9. The van der Waals surface area contributed by atoms with Gasteiger partial charge in [0.05, 0.1) is 9.79 Å². The molecule has 13 heteroatoms.